The van der Waals surface area contributed by atoms with Crippen molar-refractivity contribution in [3.63, 3.8) is 0 Å². The second-order valence-electron chi connectivity index (χ2n) is 4.82. The fourth-order valence-electron chi connectivity index (χ4n) is 2.17. The monoisotopic (exact) mass is 299 g/mol. The molecule has 2 aromatic rings. The molecule has 2 nitrogen and oxygen atoms in total. The van der Waals surface area contributed by atoms with Crippen LogP contribution in [0.15, 0.2) is 47.8 Å². The van der Waals surface area contributed by atoms with Crippen LogP contribution in [0.5, 0.6) is 0 Å². The average Bonchev–Trinajstić information content (AvgIpc) is 3.07. The van der Waals surface area contributed by atoms with Gasteiger partial charge in [-0.2, -0.15) is 0 Å². The van der Waals surface area contributed by atoms with Gasteiger partial charge in [-0.1, -0.05) is 62.1 Å². The minimum atomic E-state index is -1.22. The van der Waals surface area contributed by atoms with Crippen molar-refractivity contribution in [2.75, 3.05) is 19.6 Å². The Morgan fingerprint density at radius 2 is 1.81 bits per heavy atom. The van der Waals surface area contributed by atoms with Crippen LogP contribution in [-0.2, 0) is 5.60 Å². The third-order valence-electron chi connectivity index (χ3n) is 3.54. The molecule has 0 fully saturated rings. The Balaban J connectivity index is 2.33. The van der Waals surface area contributed by atoms with Gasteiger partial charge in [0.25, 0.3) is 0 Å². The summed E-state index contributed by atoms with van der Waals surface area (Å²) in [5.74, 6) is 6.24. The molecule has 1 aromatic carbocycles. The van der Waals surface area contributed by atoms with Gasteiger partial charge in [0.2, 0.25) is 0 Å². The van der Waals surface area contributed by atoms with Crippen LogP contribution in [0.1, 0.15) is 24.3 Å². The summed E-state index contributed by atoms with van der Waals surface area (Å²) >= 11 is 1.53. The third-order valence-corrected chi connectivity index (χ3v) is 4.51. The lowest BCUT2D eigenvalue weighted by molar-refractivity contribution is 0.149. The second-order valence-corrected chi connectivity index (χ2v) is 5.76. The molecule has 0 aliphatic rings. The summed E-state index contributed by atoms with van der Waals surface area (Å²) in [4.78, 5) is 3.09. The number of benzene rings is 1. The Hall–Kier alpha value is -1.60. The topological polar surface area (TPSA) is 23.5 Å². The van der Waals surface area contributed by atoms with E-state index in [0.717, 1.165) is 23.5 Å². The molecule has 0 aliphatic heterocycles. The van der Waals surface area contributed by atoms with Crippen LogP contribution in [0.2, 0.25) is 0 Å². The highest BCUT2D eigenvalue weighted by atomic mass is 32.1. The van der Waals surface area contributed by atoms with E-state index in [9.17, 15) is 5.11 Å². The first-order valence-corrected chi connectivity index (χ1v) is 8.13. The van der Waals surface area contributed by atoms with E-state index in [4.69, 9.17) is 0 Å². The molecule has 0 radical (unpaired) electrons. The van der Waals surface area contributed by atoms with Crippen LogP contribution >= 0.6 is 11.3 Å². The summed E-state index contributed by atoms with van der Waals surface area (Å²) in [5, 5.41) is 13.1. The molecule has 1 unspecified atom stereocenters. The van der Waals surface area contributed by atoms with Gasteiger partial charge in [0, 0.05) is 5.56 Å². The lowest BCUT2D eigenvalue weighted by Gasteiger charge is -2.22. The van der Waals surface area contributed by atoms with Crippen LogP contribution in [-0.4, -0.2) is 29.6 Å². The smallest absolute Gasteiger partial charge is 0.186 e. The Morgan fingerprint density at radius 3 is 2.38 bits per heavy atom. The van der Waals surface area contributed by atoms with E-state index in [1.807, 2.05) is 47.8 Å². The zero-order valence-corrected chi connectivity index (χ0v) is 13.4. The average molecular weight is 299 g/mol. The maximum Gasteiger partial charge on any atom is 0.186 e. The molecule has 110 valence electrons. The minimum Gasteiger partial charge on any atom is -0.369 e. The Labute approximate surface area is 131 Å². The van der Waals surface area contributed by atoms with E-state index >= 15 is 0 Å². The fraction of sp³-hybridized carbons (Fsp3) is 0.333. The molecule has 0 saturated heterocycles. The van der Waals surface area contributed by atoms with Gasteiger partial charge in [-0.3, -0.25) is 4.90 Å². The molecule has 1 heterocycles. The van der Waals surface area contributed by atoms with Gasteiger partial charge in [-0.05, 0) is 24.5 Å². The van der Waals surface area contributed by atoms with E-state index in [2.05, 4.69) is 30.6 Å². The van der Waals surface area contributed by atoms with Crippen molar-refractivity contribution < 1.29 is 5.11 Å². The number of thiophene rings is 1. The predicted octanol–water partition coefficient (Wildman–Crippen LogP) is 3.33. The van der Waals surface area contributed by atoms with E-state index in [0.29, 0.717) is 6.54 Å². The van der Waals surface area contributed by atoms with Crippen LogP contribution in [0.3, 0.4) is 0 Å². The molecular formula is C18H21NOS. The number of nitrogens with zero attached hydrogens (tertiary/aromatic N) is 1. The quantitative estimate of drug-likeness (QED) is 0.856. The van der Waals surface area contributed by atoms with Crippen molar-refractivity contribution in [3.05, 3.63) is 58.3 Å². The summed E-state index contributed by atoms with van der Waals surface area (Å²) in [5.41, 5.74) is -0.401. The number of hydrogen-bond donors (Lipinski definition) is 1. The standard InChI is InChI=1S/C18H21NOS/c1-3-19(4-2)14-9-13-18(20,17-12-8-15-21-17)16-10-6-5-7-11-16/h5-8,10-12,15,20H,3-4,14H2,1-2H3. The van der Waals surface area contributed by atoms with E-state index in [1.165, 1.54) is 11.3 Å². The molecule has 0 spiro atoms. The van der Waals surface area contributed by atoms with Gasteiger partial charge in [0.1, 0.15) is 0 Å². The van der Waals surface area contributed by atoms with Crippen molar-refractivity contribution >= 4 is 11.3 Å². The number of rotatable bonds is 5. The Morgan fingerprint density at radius 1 is 1.10 bits per heavy atom. The molecule has 0 amide bonds. The Bertz CT molecular complexity index is 593. The lowest BCUT2D eigenvalue weighted by atomic mass is 9.93. The number of aliphatic hydroxyl groups is 1. The summed E-state index contributed by atoms with van der Waals surface area (Å²) in [6.07, 6.45) is 0. The highest BCUT2D eigenvalue weighted by molar-refractivity contribution is 7.10. The van der Waals surface area contributed by atoms with Gasteiger partial charge in [-0.25, -0.2) is 0 Å². The Kier molecular flexibility index (Phi) is 5.58. The summed E-state index contributed by atoms with van der Waals surface area (Å²) in [6.45, 7) is 6.84. The van der Waals surface area contributed by atoms with Crippen LogP contribution in [0.25, 0.3) is 0 Å². The summed E-state index contributed by atoms with van der Waals surface area (Å²) in [7, 11) is 0. The van der Waals surface area contributed by atoms with Crippen molar-refractivity contribution in [2.24, 2.45) is 0 Å². The fourth-order valence-corrected chi connectivity index (χ4v) is 2.97. The largest absolute Gasteiger partial charge is 0.369 e. The zero-order valence-electron chi connectivity index (χ0n) is 12.5. The second kappa shape index (κ2) is 7.42. The molecule has 1 atom stereocenters. The van der Waals surface area contributed by atoms with Gasteiger partial charge < -0.3 is 5.11 Å². The summed E-state index contributed by atoms with van der Waals surface area (Å²) in [6, 6.07) is 13.5. The van der Waals surface area contributed by atoms with E-state index in [-0.39, 0.29) is 0 Å². The van der Waals surface area contributed by atoms with Crippen molar-refractivity contribution in [1.29, 1.82) is 0 Å². The lowest BCUT2D eigenvalue weighted by Crippen LogP contribution is -2.26. The number of hydrogen-bond acceptors (Lipinski definition) is 3. The van der Waals surface area contributed by atoms with Crippen LogP contribution < -0.4 is 0 Å². The normalized spacial score (nSPS) is 13.5. The first-order valence-electron chi connectivity index (χ1n) is 7.25. The molecule has 1 aromatic heterocycles. The van der Waals surface area contributed by atoms with Crippen LogP contribution in [0, 0.1) is 11.8 Å². The molecule has 21 heavy (non-hydrogen) atoms. The minimum absolute atomic E-state index is 0.674. The molecular weight excluding hydrogens is 278 g/mol. The molecule has 0 bridgehead atoms. The van der Waals surface area contributed by atoms with Crippen molar-refractivity contribution in [2.45, 2.75) is 19.4 Å². The maximum absolute atomic E-state index is 11.1. The van der Waals surface area contributed by atoms with Crippen molar-refractivity contribution in [3.8, 4) is 11.8 Å². The maximum atomic E-state index is 11.1. The zero-order chi connectivity index (χ0) is 15.1. The van der Waals surface area contributed by atoms with Gasteiger partial charge in [-0.15, -0.1) is 11.3 Å². The highest BCUT2D eigenvalue weighted by Crippen LogP contribution is 2.32. The molecule has 3 heteroatoms. The van der Waals surface area contributed by atoms with Crippen LogP contribution in [0.4, 0.5) is 0 Å². The third kappa shape index (κ3) is 3.74. The summed E-state index contributed by atoms with van der Waals surface area (Å²) < 4.78 is 0. The first kappa shape index (κ1) is 15.8. The molecule has 0 saturated carbocycles. The van der Waals surface area contributed by atoms with Gasteiger partial charge in [0.05, 0.1) is 11.4 Å². The predicted molar refractivity (Wildman–Crippen MR) is 89.3 cm³/mol. The first-order chi connectivity index (χ1) is 10.2. The highest BCUT2D eigenvalue weighted by Gasteiger charge is 2.30. The van der Waals surface area contributed by atoms with E-state index in [1.54, 1.807) is 0 Å². The SMILES string of the molecule is CCN(CC)CC#CC(O)(c1ccccc1)c1cccs1. The molecule has 1 N–H and O–H groups in total. The van der Waals surface area contributed by atoms with Crippen molar-refractivity contribution in [1.82, 2.24) is 4.90 Å². The van der Waals surface area contributed by atoms with Gasteiger partial charge in [0.15, 0.2) is 5.60 Å². The van der Waals surface area contributed by atoms with Gasteiger partial charge >= 0.3 is 0 Å². The molecule has 2 rings (SSSR count). The molecule has 0 aliphatic carbocycles. The van der Waals surface area contributed by atoms with E-state index < -0.39 is 5.60 Å².